The fraction of sp³-hybridized carbons (Fsp3) is 0.500. The summed E-state index contributed by atoms with van der Waals surface area (Å²) < 4.78 is 25.8. The van der Waals surface area contributed by atoms with E-state index in [1.165, 1.54) is 6.07 Å². The van der Waals surface area contributed by atoms with Crippen molar-refractivity contribution < 1.29 is 13.6 Å². The molecule has 5 heteroatoms. The first-order chi connectivity index (χ1) is 9.08. The van der Waals surface area contributed by atoms with E-state index in [9.17, 15) is 13.6 Å². The maximum atomic E-state index is 13.0. The Balaban J connectivity index is 1.90. The highest BCUT2D eigenvalue weighted by atomic mass is 19.2. The third-order valence-corrected chi connectivity index (χ3v) is 3.55. The monoisotopic (exact) mass is 268 g/mol. The predicted molar refractivity (Wildman–Crippen MR) is 68.4 cm³/mol. The molecule has 2 N–H and O–H groups in total. The maximum Gasteiger partial charge on any atom is 0.224 e. The average Bonchev–Trinajstić information content (AvgIpc) is 2.40. The molecule has 1 saturated heterocycles. The summed E-state index contributed by atoms with van der Waals surface area (Å²) in [6.45, 7) is 3.15. The van der Waals surface area contributed by atoms with Gasteiger partial charge in [0.1, 0.15) is 0 Å². The fourth-order valence-electron chi connectivity index (χ4n) is 2.37. The normalized spacial score (nSPS) is 23.1. The van der Waals surface area contributed by atoms with E-state index in [4.69, 9.17) is 0 Å². The largest absolute Gasteiger partial charge is 0.352 e. The summed E-state index contributed by atoms with van der Waals surface area (Å²) in [5, 5.41) is 6.04. The smallest absolute Gasteiger partial charge is 0.224 e. The maximum absolute atomic E-state index is 13.0. The van der Waals surface area contributed by atoms with Crippen LogP contribution in [0.4, 0.5) is 8.78 Å². The van der Waals surface area contributed by atoms with E-state index in [1.54, 1.807) is 0 Å². The fourth-order valence-corrected chi connectivity index (χ4v) is 2.37. The van der Waals surface area contributed by atoms with E-state index in [0.29, 0.717) is 5.56 Å². The highest BCUT2D eigenvalue weighted by molar-refractivity contribution is 5.79. The van der Waals surface area contributed by atoms with Gasteiger partial charge in [-0.05, 0) is 44.0 Å². The quantitative estimate of drug-likeness (QED) is 0.880. The summed E-state index contributed by atoms with van der Waals surface area (Å²) in [6, 6.07) is 3.81. The van der Waals surface area contributed by atoms with Crippen molar-refractivity contribution in [2.45, 2.75) is 32.4 Å². The summed E-state index contributed by atoms with van der Waals surface area (Å²) in [4.78, 5) is 12.0. The summed E-state index contributed by atoms with van der Waals surface area (Å²) in [6.07, 6.45) is 1.84. The lowest BCUT2D eigenvalue weighted by Gasteiger charge is -2.28. The zero-order valence-corrected chi connectivity index (χ0v) is 10.9. The Morgan fingerprint density at radius 3 is 2.89 bits per heavy atom. The lowest BCUT2D eigenvalue weighted by molar-refractivity contribution is -0.126. The third kappa shape index (κ3) is 3.50. The highest BCUT2D eigenvalue weighted by Crippen LogP contribution is 2.16. The molecule has 2 atom stereocenters. The molecule has 104 valence electrons. The van der Waals surface area contributed by atoms with Crippen molar-refractivity contribution in [3.05, 3.63) is 35.4 Å². The molecule has 3 nitrogen and oxygen atoms in total. The van der Waals surface area contributed by atoms with Crippen LogP contribution in [0, 0.1) is 17.6 Å². The van der Waals surface area contributed by atoms with Crippen molar-refractivity contribution in [1.82, 2.24) is 10.6 Å². The molecule has 1 fully saturated rings. The molecule has 1 aromatic rings. The summed E-state index contributed by atoms with van der Waals surface area (Å²) in [5.74, 6) is -1.86. The van der Waals surface area contributed by atoms with Crippen LogP contribution in [0.2, 0.25) is 0 Å². The Hall–Kier alpha value is -1.49. The van der Waals surface area contributed by atoms with Crippen LogP contribution in [0.15, 0.2) is 18.2 Å². The molecule has 0 aromatic heterocycles. The van der Waals surface area contributed by atoms with Gasteiger partial charge in [-0.2, -0.15) is 0 Å². The number of carbonyl (C=O) groups excluding carboxylic acids is 1. The van der Waals surface area contributed by atoms with Crippen LogP contribution in [0.5, 0.6) is 0 Å². The Labute approximate surface area is 111 Å². The van der Waals surface area contributed by atoms with Crippen LogP contribution in [0.25, 0.3) is 0 Å². The van der Waals surface area contributed by atoms with E-state index >= 15 is 0 Å². The Bertz CT molecular complexity index is 465. The van der Waals surface area contributed by atoms with Gasteiger partial charge < -0.3 is 10.6 Å². The average molecular weight is 268 g/mol. The van der Waals surface area contributed by atoms with Gasteiger partial charge in [0.05, 0.1) is 5.92 Å². The zero-order chi connectivity index (χ0) is 13.8. The topological polar surface area (TPSA) is 41.1 Å². The number of halogens is 2. The molecule has 0 saturated carbocycles. The second-order valence-corrected chi connectivity index (χ2v) is 4.96. The number of piperidine rings is 1. The Morgan fingerprint density at radius 1 is 1.42 bits per heavy atom. The van der Waals surface area contributed by atoms with Crippen LogP contribution in [0.1, 0.15) is 25.3 Å². The van der Waals surface area contributed by atoms with Crippen molar-refractivity contribution in [3.63, 3.8) is 0 Å². The van der Waals surface area contributed by atoms with Crippen LogP contribution in [-0.2, 0) is 11.3 Å². The molecule has 1 amide bonds. The van der Waals surface area contributed by atoms with Gasteiger partial charge in [0, 0.05) is 12.6 Å². The molecular weight excluding hydrogens is 250 g/mol. The van der Waals surface area contributed by atoms with E-state index in [1.807, 2.05) is 6.92 Å². The Morgan fingerprint density at radius 2 is 2.21 bits per heavy atom. The molecule has 19 heavy (non-hydrogen) atoms. The summed E-state index contributed by atoms with van der Waals surface area (Å²) >= 11 is 0. The second-order valence-electron chi connectivity index (χ2n) is 4.96. The van der Waals surface area contributed by atoms with E-state index in [-0.39, 0.29) is 24.4 Å². The summed E-state index contributed by atoms with van der Waals surface area (Å²) in [5.41, 5.74) is 0.559. The first kappa shape index (κ1) is 13.9. The minimum atomic E-state index is -0.889. The first-order valence-corrected chi connectivity index (χ1v) is 6.53. The van der Waals surface area contributed by atoms with Crippen molar-refractivity contribution in [3.8, 4) is 0 Å². The lowest BCUT2D eigenvalue weighted by atomic mass is 9.91. The molecule has 1 aliphatic heterocycles. The highest BCUT2D eigenvalue weighted by Gasteiger charge is 2.27. The van der Waals surface area contributed by atoms with E-state index in [0.717, 1.165) is 31.5 Å². The van der Waals surface area contributed by atoms with Crippen LogP contribution >= 0.6 is 0 Å². The minimum absolute atomic E-state index is 0.0376. The van der Waals surface area contributed by atoms with E-state index < -0.39 is 11.6 Å². The molecule has 1 heterocycles. The minimum Gasteiger partial charge on any atom is -0.352 e. The SMILES string of the molecule is CC1NCCCC1C(=O)NCc1ccc(F)c(F)c1. The number of rotatable bonds is 3. The van der Waals surface area contributed by atoms with Crippen molar-refractivity contribution >= 4 is 5.91 Å². The second kappa shape index (κ2) is 6.10. The van der Waals surface area contributed by atoms with Crippen LogP contribution in [0.3, 0.4) is 0 Å². The number of carbonyl (C=O) groups is 1. The molecule has 0 radical (unpaired) electrons. The van der Waals surface area contributed by atoms with Gasteiger partial charge in [0.15, 0.2) is 11.6 Å². The number of hydrogen-bond acceptors (Lipinski definition) is 2. The third-order valence-electron chi connectivity index (χ3n) is 3.55. The van der Waals surface area contributed by atoms with Gasteiger partial charge in [-0.15, -0.1) is 0 Å². The van der Waals surface area contributed by atoms with Crippen molar-refractivity contribution in [1.29, 1.82) is 0 Å². The molecule has 2 rings (SSSR count). The predicted octanol–water partition coefficient (Wildman–Crippen LogP) is 1.97. The van der Waals surface area contributed by atoms with E-state index in [2.05, 4.69) is 10.6 Å². The molecule has 0 bridgehead atoms. The van der Waals surface area contributed by atoms with Crippen LogP contribution < -0.4 is 10.6 Å². The number of benzene rings is 1. The Kier molecular flexibility index (Phi) is 4.47. The zero-order valence-electron chi connectivity index (χ0n) is 10.9. The lowest BCUT2D eigenvalue weighted by Crippen LogP contribution is -2.46. The van der Waals surface area contributed by atoms with Gasteiger partial charge in [-0.1, -0.05) is 6.07 Å². The molecule has 0 aliphatic carbocycles. The first-order valence-electron chi connectivity index (χ1n) is 6.53. The van der Waals surface area contributed by atoms with Gasteiger partial charge in [0.25, 0.3) is 0 Å². The van der Waals surface area contributed by atoms with Gasteiger partial charge in [-0.25, -0.2) is 8.78 Å². The molecule has 1 aromatic carbocycles. The molecule has 0 spiro atoms. The number of nitrogens with one attached hydrogen (secondary N) is 2. The summed E-state index contributed by atoms with van der Waals surface area (Å²) in [7, 11) is 0. The molecular formula is C14H18F2N2O. The molecule has 1 aliphatic rings. The van der Waals surface area contributed by atoms with Gasteiger partial charge in [-0.3, -0.25) is 4.79 Å². The molecule has 2 unspecified atom stereocenters. The number of hydrogen-bond donors (Lipinski definition) is 2. The number of amides is 1. The standard InChI is InChI=1S/C14H18F2N2O/c1-9-11(3-2-6-17-9)14(19)18-8-10-4-5-12(15)13(16)7-10/h4-5,7,9,11,17H,2-3,6,8H2,1H3,(H,18,19). The van der Waals surface area contributed by atoms with Crippen molar-refractivity contribution in [2.75, 3.05) is 6.54 Å². The van der Waals surface area contributed by atoms with Crippen LogP contribution in [-0.4, -0.2) is 18.5 Å². The van der Waals surface area contributed by atoms with Gasteiger partial charge >= 0.3 is 0 Å². The van der Waals surface area contributed by atoms with Crippen molar-refractivity contribution in [2.24, 2.45) is 5.92 Å². The van der Waals surface area contributed by atoms with Gasteiger partial charge in [0.2, 0.25) is 5.91 Å².